The van der Waals surface area contributed by atoms with E-state index >= 15 is 0 Å². The van der Waals surface area contributed by atoms with E-state index in [0.29, 0.717) is 31.0 Å². The standard InChI is InChI=1S/C22H31N3O2.ClH/c23-20-16-7-4-8-17(20)14-18(13-16)21(26)24-19-9-11-25(12-10-19)22(27)15-5-2-1-3-6-15;/h1-3,5-6,16-20H,4,7-14,23H2,(H,24,26);1H. The van der Waals surface area contributed by atoms with Gasteiger partial charge in [0.05, 0.1) is 0 Å². The van der Waals surface area contributed by atoms with Gasteiger partial charge in [-0.15, -0.1) is 12.4 Å². The summed E-state index contributed by atoms with van der Waals surface area (Å²) in [4.78, 5) is 27.3. The van der Waals surface area contributed by atoms with Crippen LogP contribution in [-0.2, 0) is 4.79 Å². The molecule has 1 aromatic carbocycles. The van der Waals surface area contributed by atoms with Crippen molar-refractivity contribution >= 4 is 24.2 Å². The van der Waals surface area contributed by atoms with Gasteiger partial charge in [-0.3, -0.25) is 9.59 Å². The third-order valence-corrected chi connectivity index (χ3v) is 6.93. The Morgan fingerprint density at radius 3 is 2.18 bits per heavy atom. The van der Waals surface area contributed by atoms with Crippen LogP contribution in [0.25, 0.3) is 0 Å². The van der Waals surface area contributed by atoms with Gasteiger partial charge in [-0.25, -0.2) is 0 Å². The number of hydrogen-bond donors (Lipinski definition) is 2. The first-order valence-corrected chi connectivity index (χ1v) is 10.5. The van der Waals surface area contributed by atoms with Gasteiger partial charge in [-0.2, -0.15) is 0 Å². The van der Waals surface area contributed by atoms with Gasteiger partial charge in [-0.1, -0.05) is 24.6 Å². The molecule has 2 amide bonds. The molecular weight excluding hydrogens is 374 g/mol. The summed E-state index contributed by atoms with van der Waals surface area (Å²) >= 11 is 0. The third-order valence-electron chi connectivity index (χ3n) is 6.93. The highest BCUT2D eigenvalue weighted by Crippen LogP contribution is 2.42. The van der Waals surface area contributed by atoms with E-state index in [1.807, 2.05) is 35.2 Å². The normalized spacial score (nSPS) is 30.2. The molecule has 4 rings (SSSR count). The Kier molecular flexibility index (Phi) is 7.00. The van der Waals surface area contributed by atoms with E-state index in [1.54, 1.807) is 0 Å². The summed E-state index contributed by atoms with van der Waals surface area (Å²) in [5.41, 5.74) is 7.09. The molecule has 0 aromatic heterocycles. The molecular formula is C22H32ClN3O2. The Balaban J connectivity index is 0.00000225. The molecule has 0 radical (unpaired) electrons. The summed E-state index contributed by atoms with van der Waals surface area (Å²) in [5, 5.41) is 3.27. The second-order valence-electron chi connectivity index (χ2n) is 8.64. The zero-order valence-corrected chi connectivity index (χ0v) is 17.2. The molecule has 1 heterocycles. The molecule has 2 saturated carbocycles. The van der Waals surface area contributed by atoms with Crippen molar-refractivity contribution in [3.63, 3.8) is 0 Å². The SMILES string of the molecule is Cl.NC1C2CCCC1CC(C(=O)NC1CCN(C(=O)c3ccccc3)CC1)C2. The van der Waals surface area contributed by atoms with E-state index < -0.39 is 0 Å². The fourth-order valence-electron chi connectivity index (χ4n) is 5.31. The van der Waals surface area contributed by atoms with E-state index in [-0.39, 0.29) is 36.2 Å². The molecule has 28 heavy (non-hydrogen) atoms. The minimum atomic E-state index is 0. The quantitative estimate of drug-likeness (QED) is 0.811. The van der Waals surface area contributed by atoms with Gasteiger partial charge in [0.1, 0.15) is 0 Å². The van der Waals surface area contributed by atoms with Crippen LogP contribution in [0.3, 0.4) is 0 Å². The lowest BCUT2D eigenvalue weighted by Gasteiger charge is -2.44. The van der Waals surface area contributed by atoms with Crippen molar-refractivity contribution in [3.05, 3.63) is 35.9 Å². The van der Waals surface area contributed by atoms with Crippen LogP contribution < -0.4 is 11.1 Å². The number of carbonyl (C=O) groups is 2. The van der Waals surface area contributed by atoms with Gasteiger partial charge in [0.2, 0.25) is 5.91 Å². The summed E-state index contributed by atoms with van der Waals surface area (Å²) in [5.74, 6) is 1.49. The van der Waals surface area contributed by atoms with Crippen LogP contribution >= 0.6 is 12.4 Å². The van der Waals surface area contributed by atoms with Crippen molar-refractivity contribution in [2.45, 2.75) is 57.0 Å². The number of rotatable bonds is 3. The number of likely N-dealkylation sites (tertiary alicyclic amines) is 1. The van der Waals surface area contributed by atoms with Gasteiger partial charge >= 0.3 is 0 Å². The number of nitrogens with one attached hydrogen (secondary N) is 1. The Labute approximate surface area is 173 Å². The van der Waals surface area contributed by atoms with Crippen LogP contribution in [0.1, 0.15) is 55.3 Å². The summed E-state index contributed by atoms with van der Waals surface area (Å²) in [7, 11) is 0. The molecule has 2 aliphatic carbocycles. The summed E-state index contributed by atoms with van der Waals surface area (Å²) in [6.07, 6.45) is 7.21. The first kappa shape index (κ1) is 21.1. The summed E-state index contributed by atoms with van der Waals surface area (Å²) in [6.45, 7) is 1.42. The molecule has 1 aromatic rings. The van der Waals surface area contributed by atoms with Gasteiger partial charge in [0.25, 0.3) is 5.91 Å². The smallest absolute Gasteiger partial charge is 0.253 e. The summed E-state index contributed by atoms with van der Waals surface area (Å²) < 4.78 is 0. The van der Waals surface area contributed by atoms with Crippen LogP contribution in [-0.4, -0.2) is 41.9 Å². The fourth-order valence-corrected chi connectivity index (χ4v) is 5.31. The topological polar surface area (TPSA) is 75.4 Å². The van der Waals surface area contributed by atoms with Crippen molar-refractivity contribution in [2.24, 2.45) is 23.5 Å². The lowest BCUT2D eigenvalue weighted by Crippen LogP contribution is -2.52. The molecule has 2 bridgehead atoms. The van der Waals surface area contributed by atoms with Crippen LogP contribution in [0.5, 0.6) is 0 Å². The number of carbonyl (C=O) groups excluding carboxylic acids is 2. The highest BCUT2D eigenvalue weighted by molar-refractivity contribution is 5.94. The zero-order chi connectivity index (χ0) is 18.8. The second-order valence-corrected chi connectivity index (χ2v) is 8.64. The molecule has 2 atom stereocenters. The number of piperidine rings is 1. The monoisotopic (exact) mass is 405 g/mol. The first-order chi connectivity index (χ1) is 13.1. The lowest BCUT2D eigenvalue weighted by atomic mass is 9.65. The Bertz CT molecular complexity index is 662. The van der Waals surface area contributed by atoms with E-state index in [0.717, 1.165) is 31.2 Å². The maximum atomic E-state index is 12.8. The van der Waals surface area contributed by atoms with Gasteiger partial charge in [0, 0.05) is 36.7 Å². The Morgan fingerprint density at radius 1 is 0.964 bits per heavy atom. The van der Waals surface area contributed by atoms with E-state index in [4.69, 9.17) is 5.73 Å². The number of nitrogens with two attached hydrogens (primary N) is 1. The number of halogens is 1. The molecule has 5 nitrogen and oxygen atoms in total. The van der Waals surface area contributed by atoms with Crippen LogP contribution in [0.2, 0.25) is 0 Å². The van der Waals surface area contributed by atoms with Crippen LogP contribution in [0.4, 0.5) is 0 Å². The molecule has 1 saturated heterocycles. The van der Waals surface area contributed by atoms with Gasteiger partial charge in [-0.05, 0) is 62.5 Å². The van der Waals surface area contributed by atoms with Crippen molar-refractivity contribution in [2.75, 3.05) is 13.1 Å². The Morgan fingerprint density at radius 2 is 1.57 bits per heavy atom. The van der Waals surface area contributed by atoms with Gasteiger partial charge in [0.15, 0.2) is 0 Å². The molecule has 3 fully saturated rings. The molecule has 6 heteroatoms. The third kappa shape index (κ3) is 4.52. The van der Waals surface area contributed by atoms with E-state index in [9.17, 15) is 9.59 Å². The molecule has 154 valence electrons. The first-order valence-electron chi connectivity index (χ1n) is 10.5. The van der Waals surface area contributed by atoms with E-state index in [2.05, 4.69) is 5.32 Å². The van der Waals surface area contributed by atoms with Crippen LogP contribution in [0, 0.1) is 17.8 Å². The molecule has 3 aliphatic rings. The van der Waals surface area contributed by atoms with Crippen LogP contribution in [0.15, 0.2) is 30.3 Å². The minimum Gasteiger partial charge on any atom is -0.353 e. The highest BCUT2D eigenvalue weighted by Gasteiger charge is 2.41. The maximum Gasteiger partial charge on any atom is 0.253 e. The molecule has 1 aliphatic heterocycles. The van der Waals surface area contributed by atoms with E-state index in [1.165, 1.54) is 19.3 Å². The Hall–Kier alpha value is -1.59. The molecule has 0 spiro atoms. The highest BCUT2D eigenvalue weighted by atomic mass is 35.5. The average molecular weight is 406 g/mol. The summed E-state index contributed by atoms with van der Waals surface area (Å²) in [6, 6.07) is 9.92. The van der Waals surface area contributed by atoms with Crippen molar-refractivity contribution in [1.29, 1.82) is 0 Å². The lowest BCUT2D eigenvalue weighted by molar-refractivity contribution is -0.128. The maximum absolute atomic E-state index is 12.8. The van der Waals surface area contributed by atoms with Crippen molar-refractivity contribution in [1.82, 2.24) is 10.2 Å². The molecule has 3 N–H and O–H groups in total. The minimum absolute atomic E-state index is 0. The largest absolute Gasteiger partial charge is 0.353 e. The number of hydrogen-bond acceptors (Lipinski definition) is 3. The number of benzene rings is 1. The fraction of sp³-hybridized carbons (Fsp3) is 0.636. The second kappa shape index (κ2) is 9.27. The van der Waals surface area contributed by atoms with Crippen molar-refractivity contribution < 1.29 is 9.59 Å². The number of fused-ring (bicyclic) bond motifs is 2. The number of nitrogens with zero attached hydrogens (tertiary/aromatic N) is 1. The van der Waals surface area contributed by atoms with Crippen molar-refractivity contribution in [3.8, 4) is 0 Å². The number of amides is 2. The van der Waals surface area contributed by atoms with Gasteiger partial charge < -0.3 is 16.0 Å². The zero-order valence-electron chi connectivity index (χ0n) is 16.4. The predicted molar refractivity (Wildman–Crippen MR) is 112 cm³/mol. The molecule has 2 unspecified atom stereocenters. The average Bonchev–Trinajstić information content (AvgIpc) is 2.68. The predicted octanol–water partition coefficient (Wildman–Crippen LogP) is 2.98.